The normalized spacial score (nSPS) is 11.8. The minimum absolute atomic E-state index is 0.00874. The van der Waals surface area contributed by atoms with Crippen LogP contribution in [0.4, 0.5) is 5.69 Å². The van der Waals surface area contributed by atoms with Gasteiger partial charge >= 0.3 is 0 Å². The van der Waals surface area contributed by atoms with E-state index in [1.165, 1.54) is 4.90 Å². The van der Waals surface area contributed by atoms with Crippen molar-refractivity contribution in [2.45, 2.75) is 26.2 Å². The van der Waals surface area contributed by atoms with Crippen molar-refractivity contribution in [3.05, 3.63) is 29.8 Å². The number of carbonyl (C=O) groups is 2. The molecule has 0 saturated carbocycles. The zero-order chi connectivity index (χ0) is 15.8. The second-order valence-corrected chi connectivity index (χ2v) is 5.55. The van der Waals surface area contributed by atoms with Crippen LogP contribution in [0.2, 0.25) is 0 Å². The van der Waals surface area contributed by atoms with Crippen molar-refractivity contribution in [1.82, 2.24) is 4.90 Å². The van der Waals surface area contributed by atoms with Crippen LogP contribution in [-0.2, 0) is 4.79 Å². The molecule has 21 heavy (non-hydrogen) atoms. The van der Waals surface area contributed by atoms with Gasteiger partial charge in [0, 0.05) is 31.8 Å². The molecule has 1 atom stereocenters. The third kappa shape index (κ3) is 5.95. The fourth-order valence-electron chi connectivity index (χ4n) is 1.98. The van der Waals surface area contributed by atoms with Gasteiger partial charge < -0.3 is 16.0 Å². The number of nitrogens with two attached hydrogens (primary N) is 1. The van der Waals surface area contributed by atoms with E-state index in [0.717, 1.165) is 12.8 Å². The lowest BCUT2D eigenvalue weighted by Crippen LogP contribution is -2.21. The van der Waals surface area contributed by atoms with E-state index in [2.05, 4.69) is 12.2 Å². The highest BCUT2D eigenvalue weighted by atomic mass is 16.2. The average Bonchev–Trinajstić information content (AvgIpc) is 2.45. The van der Waals surface area contributed by atoms with E-state index in [0.29, 0.717) is 30.1 Å². The molecule has 2 amide bonds. The summed E-state index contributed by atoms with van der Waals surface area (Å²) in [6.07, 6.45) is 2.26. The quantitative estimate of drug-likeness (QED) is 0.807. The molecule has 0 fully saturated rings. The molecule has 116 valence electrons. The van der Waals surface area contributed by atoms with Crippen LogP contribution < -0.4 is 11.1 Å². The Balaban J connectivity index is 2.48. The Hall–Kier alpha value is -1.88. The Labute approximate surface area is 126 Å². The number of benzene rings is 1. The molecule has 0 spiro atoms. The number of anilines is 1. The van der Waals surface area contributed by atoms with Gasteiger partial charge in [0.1, 0.15) is 0 Å². The molecule has 0 aliphatic heterocycles. The predicted molar refractivity (Wildman–Crippen MR) is 85.2 cm³/mol. The van der Waals surface area contributed by atoms with Gasteiger partial charge in [0.05, 0.1) is 0 Å². The van der Waals surface area contributed by atoms with E-state index < -0.39 is 0 Å². The fourth-order valence-corrected chi connectivity index (χ4v) is 1.98. The van der Waals surface area contributed by atoms with Gasteiger partial charge in [-0.15, -0.1) is 0 Å². The largest absolute Gasteiger partial charge is 0.345 e. The standard InChI is InChI=1S/C16H25N3O2/c1-12(10-11-17)4-9-15(20)18-14-7-5-13(6-8-14)16(21)19(2)3/h5-8,12H,4,9-11,17H2,1-3H3,(H,18,20). The van der Waals surface area contributed by atoms with E-state index in [9.17, 15) is 9.59 Å². The molecule has 0 heterocycles. The molecule has 1 aromatic rings. The van der Waals surface area contributed by atoms with E-state index >= 15 is 0 Å². The fraction of sp³-hybridized carbons (Fsp3) is 0.500. The van der Waals surface area contributed by atoms with E-state index in [1.54, 1.807) is 38.4 Å². The minimum atomic E-state index is -0.0523. The molecule has 5 nitrogen and oxygen atoms in total. The summed E-state index contributed by atoms with van der Waals surface area (Å²) in [5.74, 6) is 0.398. The second kappa shape index (κ2) is 8.42. The molecule has 5 heteroatoms. The predicted octanol–water partition coefficient (Wildman–Crippen LogP) is 2.09. The Bertz CT molecular complexity index is 469. The monoisotopic (exact) mass is 291 g/mol. The van der Waals surface area contributed by atoms with Crippen LogP contribution in [0.5, 0.6) is 0 Å². The Morgan fingerprint density at radius 1 is 1.19 bits per heavy atom. The summed E-state index contributed by atoms with van der Waals surface area (Å²) in [6, 6.07) is 6.93. The number of amides is 2. The SMILES string of the molecule is CC(CCN)CCC(=O)Nc1ccc(C(=O)N(C)C)cc1. The van der Waals surface area contributed by atoms with Crippen LogP contribution in [-0.4, -0.2) is 37.4 Å². The topological polar surface area (TPSA) is 75.4 Å². The number of rotatable bonds is 7. The molecular weight excluding hydrogens is 266 g/mol. The Kier molecular flexibility index (Phi) is 6.88. The lowest BCUT2D eigenvalue weighted by molar-refractivity contribution is -0.116. The highest BCUT2D eigenvalue weighted by molar-refractivity contribution is 5.95. The van der Waals surface area contributed by atoms with Crippen LogP contribution in [0.15, 0.2) is 24.3 Å². The van der Waals surface area contributed by atoms with Crippen molar-refractivity contribution >= 4 is 17.5 Å². The van der Waals surface area contributed by atoms with E-state index in [4.69, 9.17) is 5.73 Å². The highest BCUT2D eigenvalue weighted by Crippen LogP contribution is 2.13. The van der Waals surface area contributed by atoms with Crippen LogP contribution in [0, 0.1) is 5.92 Å². The molecule has 3 N–H and O–H groups in total. The van der Waals surface area contributed by atoms with Crippen LogP contribution in [0.1, 0.15) is 36.5 Å². The first kappa shape index (κ1) is 17.2. The van der Waals surface area contributed by atoms with Crippen molar-refractivity contribution < 1.29 is 9.59 Å². The number of hydrogen-bond acceptors (Lipinski definition) is 3. The smallest absolute Gasteiger partial charge is 0.253 e. The first-order chi connectivity index (χ1) is 9.93. The molecule has 0 radical (unpaired) electrons. The summed E-state index contributed by atoms with van der Waals surface area (Å²) < 4.78 is 0. The number of nitrogens with zero attached hydrogens (tertiary/aromatic N) is 1. The van der Waals surface area contributed by atoms with Crippen LogP contribution in [0.3, 0.4) is 0 Å². The summed E-state index contributed by atoms with van der Waals surface area (Å²) in [5.41, 5.74) is 6.80. The molecule has 0 aromatic heterocycles. The number of nitrogens with one attached hydrogen (secondary N) is 1. The van der Waals surface area contributed by atoms with Crippen molar-refractivity contribution in [2.75, 3.05) is 26.0 Å². The van der Waals surface area contributed by atoms with Crippen molar-refractivity contribution in [3.8, 4) is 0 Å². The van der Waals surface area contributed by atoms with Gasteiger partial charge in [-0.05, 0) is 49.6 Å². The zero-order valence-corrected chi connectivity index (χ0v) is 13.1. The minimum Gasteiger partial charge on any atom is -0.345 e. The lowest BCUT2D eigenvalue weighted by atomic mass is 10.0. The Morgan fingerprint density at radius 3 is 2.33 bits per heavy atom. The van der Waals surface area contributed by atoms with Gasteiger partial charge in [0.25, 0.3) is 5.91 Å². The maximum absolute atomic E-state index is 11.8. The van der Waals surface area contributed by atoms with Gasteiger partial charge in [-0.1, -0.05) is 6.92 Å². The second-order valence-electron chi connectivity index (χ2n) is 5.55. The average molecular weight is 291 g/mol. The van der Waals surface area contributed by atoms with Gasteiger partial charge in [0.15, 0.2) is 0 Å². The van der Waals surface area contributed by atoms with Gasteiger partial charge in [-0.2, -0.15) is 0 Å². The van der Waals surface area contributed by atoms with Gasteiger partial charge in [-0.3, -0.25) is 9.59 Å². The molecule has 0 aliphatic carbocycles. The number of hydrogen-bond donors (Lipinski definition) is 2. The first-order valence-corrected chi connectivity index (χ1v) is 7.25. The lowest BCUT2D eigenvalue weighted by Gasteiger charge is -2.12. The van der Waals surface area contributed by atoms with Crippen molar-refractivity contribution in [1.29, 1.82) is 0 Å². The van der Waals surface area contributed by atoms with E-state index in [-0.39, 0.29) is 11.8 Å². The summed E-state index contributed by atoms with van der Waals surface area (Å²) >= 11 is 0. The molecule has 0 bridgehead atoms. The summed E-state index contributed by atoms with van der Waals surface area (Å²) in [5, 5.41) is 2.84. The summed E-state index contributed by atoms with van der Waals surface area (Å²) in [6.45, 7) is 2.76. The van der Waals surface area contributed by atoms with Crippen LogP contribution >= 0.6 is 0 Å². The molecule has 1 rings (SSSR count). The zero-order valence-electron chi connectivity index (χ0n) is 13.1. The molecule has 0 aliphatic rings. The number of carbonyl (C=O) groups excluding carboxylic acids is 2. The third-order valence-electron chi connectivity index (χ3n) is 3.35. The molecular formula is C16H25N3O2. The summed E-state index contributed by atoms with van der Waals surface area (Å²) in [4.78, 5) is 25.1. The van der Waals surface area contributed by atoms with E-state index in [1.807, 2.05) is 0 Å². The maximum atomic E-state index is 11.8. The maximum Gasteiger partial charge on any atom is 0.253 e. The molecule has 1 unspecified atom stereocenters. The van der Waals surface area contributed by atoms with Crippen molar-refractivity contribution in [2.24, 2.45) is 11.7 Å². The van der Waals surface area contributed by atoms with Crippen molar-refractivity contribution in [3.63, 3.8) is 0 Å². The first-order valence-electron chi connectivity index (χ1n) is 7.25. The Morgan fingerprint density at radius 2 is 1.81 bits per heavy atom. The van der Waals surface area contributed by atoms with Crippen LogP contribution in [0.25, 0.3) is 0 Å². The molecule has 1 aromatic carbocycles. The molecule has 0 saturated heterocycles. The highest BCUT2D eigenvalue weighted by Gasteiger charge is 2.09. The van der Waals surface area contributed by atoms with Gasteiger partial charge in [-0.25, -0.2) is 0 Å². The van der Waals surface area contributed by atoms with Gasteiger partial charge in [0.2, 0.25) is 5.91 Å². The third-order valence-corrected chi connectivity index (χ3v) is 3.35. The summed E-state index contributed by atoms with van der Waals surface area (Å²) in [7, 11) is 3.42.